The quantitative estimate of drug-likeness (QED) is 0.556. The third-order valence-corrected chi connectivity index (χ3v) is 3.94. The number of rotatable bonds is 7. The van der Waals surface area contributed by atoms with Gasteiger partial charge in [0.1, 0.15) is 12.1 Å². The van der Waals surface area contributed by atoms with Crippen molar-refractivity contribution < 1.29 is 31.4 Å². The number of nitrogens with one attached hydrogen (secondary N) is 1. The monoisotopic (exact) mass is 426 g/mol. The van der Waals surface area contributed by atoms with E-state index in [0.29, 0.717) is 18.8 Å². The molecule has 0 fully saturated rings. The van der Waals surface area contributed by atoms with Crippen LogP contribution in [0, 0.1) is 11.6 Å². The van der Waals surface area contributed by atoms with Crippen LogP contribution in [0.2, 0.25) is 0 Å². The first-order valence-corrected chi connectivity index (χ1v) is 8.55. The molecule has 0 saturated carbocycles. The van der Waals surface area contributed by atoms with E-state index in [1.165, 1.54) is 19.5 Å². The fourth-order valence-electron chi connectivity index (χ4n) is 2.53. The summed E-state index contributed by atoms with van der Waals surface area (Å²) >= 11 is 0. The lowest BCUT2D eigenvalue weighted by atomic mass is 10.1. The summed E-state index contributed by atoms with van der Waals surface area (Å²) in [6, 6.07) is 6.20. The smallest absolute Gasteiger partial charge is 0.436 e. The van der Waals surface area contributed by atoms with Crippen LogP contribution in [0.4, 0.5) is 27.8 Å². The van der Waals surface area contributed by atoms with Crippen LogP contribution in [0.3, 0.4) is 0 Å². The molecule has 0 aliphatic rings. The zero-order chi connectivity index (χ0) is 21.7. The molecule has 0 spiro atoms. The van der Waals surface area contributed by atoms with Crippen molar-refractivity contribution in [3.8, 4) is 17.2 Å². The van der Waals surface area contributed by atoms with Gasteiger partial charge in [-0.25, -0.2) is 23.7 Å². The highest BCUT2D eigenvalue weighted by molar-refractivity contribution is 5.46. The first-order chi connectivity index (χ1) is 14.3. The second-order valence-electron chi connectivity index (χ2n) is 5.95. The van der Waals surface area contributed by atoms with E-state index < -0.39 is 29.3 Å². The number of anilines is 1. The predicted octanol–water partition coefficient (Wildman–Crippen LogP) is 4.62. The highest BCUT2D eigenvalue weighted by Gasteiger charge is 2.38. The fourth-order valence-corrected chi connectivity index (χ4v) is 2.53. The number of ether oxygens (including phenoxy) is 2. The summed E-state index contributed by atoms with van der Waals surface area (Å²) in [5.41, 5.74) is -1.09. The molecule has 2 aromatic heterocycles. The third-order valence-electron chi connectivity index (χ3n) is 3.94. The number of aromatic nitrogens is 3. The maximum atomic E-state index is 14.2. The van der Waals surface area contributed by atoms with Gasteiger partial charge in [-0.1, -0.05) is 6.07 Å². The first kappa shape index (κ1) is 21.2. The Morgan fingerprint density at radius 1 is 1.07 bits per heavy atom. The number of hydrogen-bond acceptors (Lipinski definition) is 6. The van der Waals surface area contributed by atoms with E-state index in [4.69, 9.17) is 9.47 Å². The summed E-state index contributed by atoms with van der Waals surface area (Å²) in [5, 5.41) is 3.08. The van der Waals surface area contributed by atoms with E-state index in [9.17, 15) is 22.0 Å². The average Bonchev–Trinajstić information content (AvgIpc) is 2.71. The highest BCUT2D eigenvalue weighted by atomic mass is 19.4. The summed E-state index contributed by atoms with van der Waals surface area (Å²) in [6.45, 7) is 0.517. The molecule has 0 unspecified atom stereocenters. The number of nitrogens with zero attached hydrogens (tertiary/aromatic N) is 3. The van der Waals surface area contributed by atoms with Gasteiger partial charge in [-0.2, -0.15) is 13.2 Å². The zero-order valence-electron chi connectivity index (χ0n) is 15.5. The molecule has 0 aliphatic heterocycles. The Morgan fingerprint density at radius 2 is 1.87 bits per heavy atom. The van der Waals surface area contributed by atoms with Crippen LogP contribution in [0.25, 0.3) is 0 Å². The Bertz CT molecular complexity index is 1020. The van der Waals surface area contributed by atoms with Crippen LogP contribution < -0.4 is 14.8 Å². The van der Waals surface area contributed by atoms with Gasteiger partial charge in [-0.15, -0.1) is 0 Å². The van der Waals surface area contributed by atoms with E-state index in [-0.39, 0.29) is 17.7 Å². The van der Waals surface area contributed by atoms with Crippen LogP contribution in [0.15, 0.2) is 43.0 Å². The fraction of sp³-hybridized carbons (Fsp3) is 0.211. The van der Waals surface area contributed by atoms with E-state index in [1.807, 2.05) is 0 Å². The minimum absolute atomic E-state index is 0.0960. The van der Waals surface area contributed by atoms with E-state index >= 15 is 0 Å². The summed E-state index contributed by atoms with van der Waals surface area (Å²) in [7, 11) is 1.30. The van der Waals surface area contributed by atoms with Crippen molar-refractivity contribution in [2.45, 2.75) is 12.6 Å². The Labute approximate surface area is 167 Å². The van der Waals surface area contributed by atoms with Crippen LogP contribution in [0.5, 0.6) is 17.2 Å². The Kier molecular flexibility index (Phi) is 6.28. The summed E-state index contributed by atoms with van der Waals surface area (Å²) in [4.78, 5) is 10.6. The van der Waals surface area contributed by atoms with E-state index in [2.05, 4.69) is 20.3 Å². The van der Waals surface area contributed by atoms with Gasteiger partial charge < -0.3 is 14.8 Å². The van der Waals surface area contributed by atoms with E-state index in [0.717, 1.165) is 5.56 Å². The van der Waals surface area contributed by atoms with Crippen molar-refractivity contribution in [3.05, 3.63) is 65.9 Å². The van der Waals surface area contributed by atoms with Crippen LogP contribution in [-0.2, 0) is 12.6 Å². The van der Waals surface area contributed by atoms with Crippen molar-refractivity contribution >= 4 is 5.82 Å². The minimum atomic E-state index is -5.10. The largest absolute Gasteiger partial charge is 0.493 e. The zero-order valence-corrected chi connectivity index (χ0v) is 15.5. The third kappa shape index (κ3) is 4.91. The topological polar surface area (TPSA) is 69.2 Å². The lowest BCUT2D eigenvalue weighted by Gasteiger charge is -2.15. The molecule has 3 aromatic rings. The number of benzene rings is 1. The van der Waals surface area contributed by atoms with Gasteiger partial charge in [0.25, 0.3) is 0 Å². The molecule has 0 amide bonds. The number of halogens is 5. The van der Waals surface area contributed by atoms with Crippen molar-refractivity contribution in [3.63, 3.8) is 0 Å². The molecule has 0 bridgehead atoms. The number of pyridine rings is 1. The molecule has 158 valence electrons. The molecule has 30 heavy (non-hydrogen) atoms. The predicted molar refractivity (Wildman–Crippen MR) is 96.4 cm³/mol. The molecular formula is C19H15F5N4O2. The molecule has 0 radical (unpaired) electrons. The minimum Gasteiger partial charge on any atom is -0.493 e. The Balaban J connectivity index is 1.77. The standard InChI is InChI=1S/C19H15F5N4O2/c1-29-14-8-11(4-7-26-15-5-6-25-10-28-15)2-3-13(14)30-17-12(20)9-27-18(16(17)21)19(22,23)24/h2-3,5-6,8-10H,4,7H2,1H3,(H,25,26,28). The lowest BCUT2D eigenvalue weighted by Crippen LogP contribution is -2.13. The molecule has 3 rings (SSSR count). The average molecular weight is 426 g/mol. The van der Waals surface area contributed by atoms with Crippen molar-refractivity contribution in [2.24, 2.45) is 0 Å². The van der Waals surface area contributed by atoms with E-state index in [1.54, 1.807) is 24.4 Å². The molecule has 6 nitrogen and oxygen atoms in total. The van der Waals surface area contributed by atoms with Gasteiger partial charge in [0, 0.05) is 12.7 Å². The number of alkyl halides is 3. The summed E-state index contributed by atoms with van der Waals surface area (Å²) < 4.78 is 76.7. The molecular weight excluding hydrogens is 411 g/mol. The van der Waals surface area contributed by atoms with Gasteiger partial charge in [-0.05, 0) is 30.2 Å². The van der Waals surface area contributed by atoms with Crippen molar-refractivity contribution in [2.75, 3.05) is 19.0 Å². The highest BCUT2D eigenvalue weighted by Crippen LogP contribution is 2.38. The molecule has 0 saturated heterocycles. The van der Waals surface area contributed by atoms with Gasteiger partial charge in [0.2, 0.25) is 5.75 Å². The molecule has 1 aromatic carbocycles. The second kappa shape index (κ2) is 8.89. The molecule has 1 N–H and O–H groups in total. The molecule has 11 heteroatoms. The molecule has 0 atom stereocenters. The maximum absolute atomic E-state index is 14.2. The van der Waals surface area contributed by atoms with Gasteiger partial charge in [0.05, 0.1) is 13.3 Å². The van der Waals surface area contributed by atoms with Crippen LogP contribution >= 0.6 is 0 Å². The van der Waals surface area contributed by atoms with Gasteiger partial charge in [0.15, 0.2) is 28.8 Å². The van der Waals surface area contributed by atoms with Crippen LogP contribution in [0.1, 0.15) is 11.3 Å². The second-order valence-corrected chi connectivity index (χ2v) is 5.95. The Morgan fingerprint density at radius 3 is 2.53 bits per heavy atom. The molecule has 2 heterocycles. The first-order valence-electron chi connectivity index (χ1n) is 8.55. The number of methoxy groups -OCH3 is 1. The van der Waals surface area contributed by atoms with Crippen molar-refractivity contribution in [1.82, 2.24) is 15.0 Å². The number of hydrogen-bond donors (Lipinski definition) is 1. The SMILES string of the molecule is COc1cc(CCNc2ccncn2)ccc1Oc1c(F)cnc(C(F)(F)F)c1F. The van der Waals surface area contributed by atoms with Crippen LogP contribution in [-0.4, -0.2) is 28.6 Å². The molecule has 0 aliphatic carbocycles. The van der Waals surface area contributed by atoms with Crippen molar-refractivity contribution in [1.29, 1.82) is 0 Å². The maximum Gasteiger partial charge on any atom is 0.436 e. The van der Waals surface area contributed by atoms with Gasteiger partial charge >= 0.3 is 6.18 Å². The Hall–Kier alpha value is -3.50. The normalized spacial score (nSPS) is 11.3. The summed E-state index contributed by atoms with van der Waals surface area (Å²) in [6.07, 6.45) is -1.32. The summed E-state index contributed by atoms with van der Waals surface area (Å²) in [5.74, 6) is -3.95. The lowest BCUT2D eigenvalue weighted by molar-refractivity contribution is -0.143. The van der Waals surface area contributed by atoms with Gasteiger partial charge in [-0.3, -0.25) is 0 Å².